The smallest absolute Gasteiger partial charge is 0.244 e. The normalized spacial score (nSPS) is 28.7. The van der Waals surface area contributed by atoms with Gasteiger partial charge in [-0.25, -0.2) is 0 Å². The van der Waals surface area contributed by atoms with Crippen molar-refractivity contribution >= 4 is 34.3 Å². The van der Waals surface area contributed by atoms with Gasteiger partial charge in [-0.15, -0.1) is 0 Å². The summed E-state index contributed by atoms with van der Waals surface area (Å²) in [5.74, 6) is -1.03. The quantitative estimate of drug-likeness (QED) is 0.672. The van der Waals surface area contributed by atoms with E-state index in [0.717, 1.165) is 28.6 Å². The fourth-order valence-electron chi connectivity index (χ4n) is 4.79. The Morgan fingerprint density at radius 3 is 2.44 bits per heavy atom. The molecule has 1 saturated carbocycles. The molecule has 6 nitrogen and oxygen atoms in total. The lowest BCUT2D eigenvalue weighted by molar-refractivity contribution is -0.142. The van der Waals surface area contributed by atoms with Gasteiger partial charge in [-0.05, 0) is 48.9 Å². The topological polar surface area (TPSA) is 79.4 Å². The summed E-state index contributed by atoms with van der Waals surface area (Å²) in [5.41, 5.74) is 1.46. The number of nitrogens with one attached hydrogen (secondary N) is 1. The molecule has 2 heterocycles. The summed E-state index contributed by atoms with van der Waals surface area (Å²) in [7, 11) is 0. The summed E-state index contributed by atoms with van der Waals surface area (Å²) in [6.45, 7) is -0.227. The molecule has 1 aromatic heterocycles. The first-order valence-corrected chi connectivity index (χ1v) is 9.30. The van der Waals surface area contributed by atoms with Gasteiger partial charge in [0.05, 0.1) is 17.4 Å². The van der Waals surface area contributed by atoms with E-state index < -0.39 is 0 Å². The first kappa shape index (κ1) is 16.2. The van der Waals surface area contributed by atoms with Crippen molar-refractivity contribution in [3.8, 4) is 0 Å². The van der Waals surface area contributed by atoms with Gasteiger partial charge in [0.1, 0.15) is 6.54 Å². The Kier molecular flexibility index (Phi) is 3.60. The van der Waals surface area contributed by atoms with Crippen LogP contribution < -0.4 is 5.32 Å². The molecule has 2 aromatic rings. The fourth-order valence-corrected chi connectivity index (χ4v) is 4.79. The summed E-state index contributed by atoms with van der Waals surface area (Å²) in [6.07, 6.45) is 7.77. The largest absolute Gasteiger partial charge is 0.325 e. The number of carbonyl (C=O) groups is 3. The van der Waals surface area contributed by atoms with Crippen LogP contribution in [0.5, 0.6) is 0 Å². The zero-order valence-corrected chi connectivity index (χ0v) is 14.7. The number of imide groups is 1. The minimum atomic E-state index is -0.362. The first-order valence-electron chi connectivity index (χ1n) is 9.30. The van der Waals surface area contributed by atoms with Crippen molar-refractivity contribution in [2.24, 2.45) is 23.7 Å². The van der Waals surface area contributed by atoms with Crippen LogP contribution in [0.3, 0.4) is 0 Å². The molecule has 136 valence electrons. The summed E-state index contributed by atoms with van der Waals surface area (Å²) < 4.78 is 0. The molecule has 1 N–H and O–H groups in total. The molecule has 2 bridgehead atoms. The summed E-state index contributed by atoms with van der Waals surface area (Å²) in [6, 6.07) is 9.18. The molecule has 0 unspecified atom stereocenters. The van der Waals surface area contributed by atoms with E-state index in [9.17, 15) is 14.4 Å². The van der Waals surface area contributed by atoms with Gasteiger partial charge in [-0.3, -0.25) is 24.3 Å². The van der Waals surface area contributed by atoms with Gasteiger partial charge in [0.15, 0.2) is 0 Å². The van der Waals surface area contributed by atoms with Gasteiger partial charge in [0.25, 0.3) is 0 Å². The number of anilines is 1. The third-order valence-electron chi connectivity index (χ3n) is 6.04. The van der Waals surface area contributed by atoms with E-state index in [1.54, 1.807) is 12.3 Å². The standard InChI is InChI=1S/C21H19N3O3/c25-17(23-15-7-8-16-14(10-15)2-1-9-22-16)11-24-20(26)18-12-3-4-13(6-5-12)19(18)21(24)27/h1-4,7-10,12-13,18-19H,5-6,11H2,(H,23,25)/t12-,13-,18-,19+/m0/s1. The van der Waals surface area contributed by atoms with Gasteiger partial charge in [0, 0.05) is 17.3 Å². The van der Waals surface area contributed by atoms with Gasteiger partial charge in [-0.2, -0.15) is 0 Å². The van der Waals surface area contributed by atoms with Crippen LogP contribution in [0, 0.1) is 23.7 Å². The van der Waals surface area contributed by atoms with Gasteiger partial charge in [0.2, 0.25) is 17.7 Å². The number of likely N-dealkylation sites (tertiary alicyclic amines) is 1. The SMILES string of the molecule is O=C(CN1C(=O)[C@@H]2[C@H](C1=O)[C@H]1C=C[C@H]2CC1)Nc1ccc2ncccc2c1. The maximum absolute atomic E-state index is 12.8. The van der Waals surface area contributed by atoms with E-state index in [4.69, 9.17) is 0 Å². The van der Waals surface area contributed by atoms with E-state index in [-0.39, 0.29) is 47.9 Å². The van der Waals surface area contributed by atoms with Crippen LogP contribution in [0.1, 0.15) is 12.8 Å². The van der Waals surface area contributed by atoms with E-state index >= 15 is 0 Å². The zero-order valence-electron chi connectivity index (χ0n) is 14.7. The lowest BCUT2D eigenvalue weighted by Gasteiger charge is -2.38. The third-order valence-corrected chi connectivity index (χ3v) is 6.04. The number of allylic oxidation sites excluding steroid dienone is 2. The predicted molar refractivity (Wildman–Crippen MR) is 99.4 cm³/mol. The highest BCUT2D eigenvalue weighted by Crippen LogP contribution is 2.49. The Bertz CT molecular complexity index is 967. The molecule has 6 heteroatoms. The Morgan fingerprint density at radius 1 is 1.07 bits per heavy atom. The number of fused-ring (bicyclic) bond motifs is 2. The maximum Gasteiger partial charge on any atom is 0.244 e. The van der Waals surface area contributed by atoms with E-state index in [1.807, 2.05) is 24.3 Å². The van der Waals surface area contributed by atoms with Crippen molar-refractivity contribution in [2.45, 2.75) is 12.8 Å². The molecule has 0 spiro atoms. The highest BCUT2D eigenvalue weighted by Gasteiger charge is 2.56. The number of hydrogen-bond acceptors (Lipinski definition) is 4. The summed E-state index contributed by atoms with van der Waals surface area (Å²) >= 11 is 0. The molecule has 1 saturated heterocycles. The average molecular weight is 361 g/mol. The Hall–Kier alpha value is -3.02. The van der Waals surface area contributed by atoms with Crippen molar-refractivity contribution in [2.75, 3.05) is 11.9 Å². The second-order valence-corrected chi connectivity index (χ2v) is 7.56. The van der Waals surface area contributed by atoms with Crippen LogP contribution in [-0.2, 0) is 14.4 Å². The second kappa shape index (κ2) is 6.01. The molecule has 1 aromatic carbocycles. The van der Waals surface area contributed by atoms with E-state index in [1.165, 1.54) is 0 Å². The summed E-state index contributed by atoms with van der Waals surface area (Å²) in [5, 5.41) is 3.71. The second-order valence-electron chi connectivity index (χ2n) is 7.56. The fraction of sp³-hybridized carbons (Fsp3) is 0.333. The minimum Gasteiger partial charge on any atom is -0.325 e. The number of pyridine rings is 1. The van der Waals surface area contributed by atoms with Crippen molar-refractivity contribution in [1.82, 2.24) is 9.88 Å². The van der Waals surface area contributed by atoms with Crippen LogP contribution in [0.2, 0.25) is 0 Å². The Labute approximate surface area is 156 Å². The molecule has 27 heavy (non-hydrogen) atoms. The van der Waals surface area contributed by atoms with Crippen LogP contribution in [0.15, 0.2) is 48.7 Å². The zero-order chi connectivity index (χ0) is 18.5. The highest BCUT2D eigenvalue weighted by molar-refractivity contribution is 6.09. The first-order chi connectivity index (χ1) is 13.1. The molecular formula is C21H19N3O3. The molecule has 1 aliphatic heterocycles. The van der Waals surface area contributed by atoms with Crippen molar-refractivity contribution in [3.05, 3.63) is 48.7 Å². The van der Waals surface area contributed by atoms with Gasteiger partial charge < -0.3 is 5.32 Å². The Balaban J connectivity index is 1.32. The average Bonchev–Trinajstić information content (AvgIpc) is 2.96. The predicted octanol–water partition coefficient (Wildman–Crippen LogP) is 2.37. The number of nitrogens with zero attached hydrogens (tertiary/aromatic N) is 2. The van der Waals surface area contributed by atoms with Crippen molar-refractivity contribution in [1.29, 1.82) is 0 Å². The van der Waals surface area contributed by atoms with Gasteiger partial charge in [-0.1, -0.05) is 18.2 Å². The van der Waals surface area contributed by atoms with Crippen molar-refractivity contribution < 1.29 is 14.4 Å². The number of carbonyl (C=O) groups excluding carboxylic acids is 3. The van der Waals surface area contributed by atoms with Crippen LogP contribution >= 0.6 is 0 Å². The number of rotatable bonds is 3. The third kappa shape index (κ3) is 2.55. The summed E-state index contributed by atoms with van der Waals surface area (Å²) in [4.78, 5) is 43.5. The highest BCUT2D eigenvalue weighted by atomic mass is 16.2. The van der Waals surface area contributed by atoms with E-state index in [2.05, 4.69) is 22.5 Å². The van der Waals surface area contributed by atoms with Crippen molar-refractivity contribution in [3.63, 3.8) is 0 Å². The Morgan fingerprint density at radius 2 is 1.78 bits per heavy atom. The van der Waals surface area contributed by atoms with Crippen LogP contribution in [0.25, 0.3) is 10.9 Å². The lowest BCUT2D eigenvalue weighted by Crippen LogP contribution is -2.38. The van der Waals surface area contributed by atoms with Crippen LogP contribution in [-0.4, -0.2) is 34.2 Å². The van der Waals surface area contributed by atoms with Crippen LogP contribution in [0.4, 0.5) is 5.69 Å². The lowest BCUT2D eigenvalue weighted by atomic mass is 9.63. The monoisotopic (exact) mass is 361 g/mol. The molecule has 3 aliphatic carbocycles. The maximum atomic E-state index is 12.8. The molecule has 6 rings (SSSR count). The molecular weight excluding hydrogens is 342 g/mol. The molecule has 4 atom stereocenters. The molecule has 2 fully saturated rings. The molecule has 0 radical (unpaired) electrons. The number of aromatic nitrogens is 1. The molecule has 3 amide bonds. The molecule has 4 aliphatic rings. The van der Waals surface area contributed by atoms with E-state index in [0.29, 0.717) is 5.69 Å². The number of hydrogen-bond donors (Lipinski definition) is 1. The number of amides is 3. The van der Waals surface area contributed by atoms with Gasteiger partial charge >= 0.3 is 0 Å². The minimum absolute atomic E-state index is 0.137. The number of benzene rings is 1.